The number of carbonyl (C=O) groups is 2. The highest BCUT2D eigenvalue weighted by Gasteiger charge is 2.34. The van der Waals surface area contributed by atoms with E-state index in [-0.39, 0.29) is 23.7 Å². The molecule has 2 aromatic rings. The zero-order chi connectivity index (χ0) is 21.6. The molecule has 0 unspecified atom stereocenters. The van der Waals surface area contributed by atoms with Crippen LogP contribution >= 0.6 is 11.6 Å². The third-order valence-electron chi connectivity index (χ3n) is 5.78. The van der Waals surface area contributed by atoms with E-state index < -0.39 is 6.03 Å². The van der Waals surface area contributed by atoms with Crippen LogP contribution in [0, 0.1) is 0 Å². The molecule has 1 N–H and O–H groups in total. The number of nitrogens with one attached hydrogen (secondary N) is 1. The fourth-order valence-corrected chi connectivity index (χ4v) is 4.15. The van der Waals surface area contributed by atoms with Crippen LogP contribution in [0.5, 0.6) is 0 Å². The zero-order valence-electron chi connectivity index (χ0n) is 17.5. The molecular weight excluding hydrogens is 398 g/mol. The summed E-state index contributed by atoms with van der Waals surface area (Å²) in [6.45, 7) is 6.60. The van der Waals surface area contributed by atoms with Crippen LogP contribution in [0.15, 0.2) is 54.2 Å². The van der Waals surface area contributed by atoms with Crippen LogP contribution in [-0.4, -0.2) is 29.4 Å². The van der Waals surface area contributed by atoms with Crippen molar-refractivity contribution in [3.63, 3.8) is 0 Å². The molecule has 6 heteroatoms. The van der Waals surface area contributed by atoms with Crippen LogP contribution in [0.25, 0.3) is 11.6 Å². The monoisotopic (exact) mass is 421 g/mol. The van der Waals surface area contributed by atoms with Gasteiger partial charge in [0.25, 0.3) is 5.91 Å². The highest BCUT2D eigenvalue weighted by molar-refractivity contribution is 6.32. The van der Waals surface area contributed by atoms with E-state index >= 15 is 0 Å². The molecule has 4 rings (SSSR count). The Morgan fingerprint density at radius 2 is 1.83 bits per heavy atom. The molecule has 2 aliphatic rings. The topological polar surface area (TPSA) is 52.7 Å². The Bertz CT molecular complexity index is 1100. The Morgan fingerprint density at radius 3 is 2.53 bits per heavy atom. The number of nitrogens with zero attached hydrogens (tertiary/aromatic N) is 2. The first kappa shape index (κ1) is 20.2. The van der Waals surface area contributed by atoms with Crippen LogP contribution in [0.2, 0.25) is 5.02 Å². The van der Waals surface area contributed by atoms with Gasteiger partial charge in [-0.2, -0.15) is 0 Å². The predicted molar refractivity (Wildman–Crippen MR) is 121 cm³/mol. The molecular formula is C24H24ClN3O2. The highest BCUT2D eigenvalue weighted by Crippen LogP contribution is 2.41. The third kappa shape index (κ3) is 3.50. The second-order valence-corrected chi connectivity index (χ2v) is 8.70. The minimum Gasteiger partial charge on any atom is -0.365 e. The molecule has 0 radical (unpaired) electrons. The molecule has 0 atom stereocenters. The molecule has 3 amide bonds. The molecule has 1 fully saturated rings. The Balaban J connectivity index is 1.67. The van der Waals surface area contributed by atoms with Crippen molar-refractivity contribution in [1.82, 2.24) is 10.2 Å². The first-order chi connectivity index (χ1) is 14.2. The van der Waals surface area contributed by atoms with Crippen LogP contribution in [0.3, 0.4) is 0 Å². The van der Waals surface area contributed by atoms with E-state index in [9.17, 15) is 9.59 Å². The smallest absolute Gasteiger partial charge is 0.329 e. The third-order valence-corrected chi connectivity index (χ3v) is 6.11. The van der Waals surface area contributed by atoms with Gasteiger partial charge in [0.15, 0.2) is 0 Å². The number of imide groups is 1. The van der Waals surface area contributed by atoms with Crippen LogP contribution < -0.4 is 10.2 Å². The average Bonchev–Trinajstić information content (AvgIpc) is 2.95. The van der Waals surface area contributed by atoms with Crippen molar-refractivity contribution in [2.75, 3.05) is 11.9 Å². The van der Waals surface area contributed by atoms with Crippen molar-refractivity contribution in [1.29, 1.82) is 0 Å². The lowest BCUT2D eigenvalue weighted by molar-refractivity contribution is -0.123. The summed E-state index contributed by atoms with van der Waals surface area (Å²) in [5, 5.41) is 3.21. The van der Waals surface area contributed by atoms with Gasteiger partial charge in [-0.05, 0) is 55.7 Å². The van der Waals surface area contributed by atoms with E-state index in [2.05, 4.69) is 37.1 Å². The second-order valence-electron chi connectivity index (χ2n) is 8.30. The minimum atomic E-state index is -0.429. The van der Waals surface area contributed by atoms with Gasteiger partial charge in [-0.3, -0.25) is 9.69 Å². The number of rotatable bonds is 3. The number of fused-ring (bicyclic) bond motifs is 1. The summed E-state index contributed by atoms with van der Waals surface area (Å²) in [6, 6.07) is 12.9. The number of benzene rings is 2. The van der Waals surface area contributed by atoms with Gasteiger partial charge in [-0.15, -0.1) is 0 Å². The maximum Gasteiger partial charge on any atom is 0.329 e. The van der Waals surface area contributed by atoms with Gasteiger partial charge in [0.05, 0.1) is 12.1 Å². The zero-order valence-corrected chi connectivity index (χ0v) is 18.2. The van der Waals surface area contributed by atoms with Crippen molar-refractivity contribution in [3.05, 3.63) is 76.0 Å². The summed E-state index contributed by atoms with van der Waals surface area (Å²) in [4.78, 5) is 28.6. The number of allylic oxidation sites excluding steroid dienone is 1. The van der Waals surface area contributed by atoms with Crippen molar-refractivity contribution in [3.8, 4) is 0 Å². The van der Waals surface area contributed by atoms with Crippen molar-refractivity contribution >= 4 is 40.9 Å². The van der Waals surface area contributed by atoms with Crippen molar-refractivity contribution in [2.24, 2.45) is 0 Å². The van der Waals surface area contributed by atoms with Gasteiger partial charge in [0.2, 0.25) is 0 Å². The predicted octanol–water partition coefficient (Wildman–Crippen LogP) is 5.06. The molecule has 2 aromatic carbocycles. The number of halogens is 1. The number of amides is 3. The number of carbonyl (C=O) groups excluding carboxylic acids is 2. The molecule has 2 aliphatic heterocycles. The number of anilines is 1. The Morgan fingerprint density at radius 1 is 1.13 bits per heavy atom. The van der Waals surface area contributed by atoms with Crippen LogP contribution in [0.4, 0.5) is 10.5 Å². The number of likely N-dealkylation sites (N-methyl/N-ethyl adjacent to an activating group) is 1. The van der Waals surface area contributed by atoms with Gasteiger partial charge >= 0.3 is 6.03 Å². The standard InChI is InChI=1S/C24H24ClN3O2/c1-15-13-24(2,3)27(4)21-12-19(25)17(10-18(15)21)11-20-22(29)28(23(30)26-20)14-16-8-6-5-7-9-16/h5-13H,14H2,1-4H3,(H,26,30)/b20-11-. The van der Waals surface area contributed by atoms with Gasteiger partial charge in [0, 0.05) is 23.3 Å². The molecule has 0 spiro atoms. The Kier molecular flexibility index (Phi) is 4.94. The molecule has 1 saturated heterocycles. The summed E-state index contributed by atoms with van der Waals surface area (Å²) in [7, 11) is 2.04. The van der Waals surface area contributed by atoms with E-state index in [1.807, 2.05) is 49.5 Å². The van der Waals surface area contributed by atoms with E-state index in [1.165, 1.54) is 4.90 Å². The lowest BCUT2D eigenvalue weighted by Crippen LogP contribution is -2.42. The van der Waals surface area contributed by atoms with Crippen LogP contribution in [0.1, 0.15) is 37.5 Å². The van der Waals surface area contributed by atoms with Crippen LogP contribution in [-0.2, 0) is 11.3 Å². The molecule has 0 aliphatic carbocycles. The first-order valence-corrected chi connectivity index (χ1v) is 10.2. The Labute approximate surface area is 181 Å². The number of hydrogen-bond acceptors (Lipinski definition) is 3. The number of urea groups is 1. The molecule has 5 nitrogen and oxygen atoms in total. The van der Waals surface area contributed by atoms with Crippen molar-refractivity contribution < 1.29 is 9.59 Å². The molecule has 0 bridgehead atoms. The summed E-state index contributed by atoms with van der Waals surface area (Å²) < 4.78 is 0. The fraction of sp³-hybridized carbons (Fsp3) is 0.250. The summed E-state index contributed by atoms with van der Waals surface area (Å²) in [6.07, 6.45) is 3.87. The minimum absolute atomic E-state index is 0.117. The maximum atomic E-state index is 12.8. The van der Waals surface area contributed by atoms with E-state index in [0.717, 1.165) is 22.4 Å². The highest BCUT2D eigenvalue weighted by atomic mass is 35.5. The van der Waals surface area contributed by atoms with Gasteiger partial charge in [-0.1, -0.05) is 48.0 Å². The lowest BCUT2D eigenvalue weighted by atomic mass is 9.88. The average molecular weight is 422 g/mol. The summed E-state index contributed by atoms with van der Waals surface area (Å²) >= 11 is 6.57. The number of hydrogen-bond donors (Lipinski definition) is 1. The van der Waals surface area contributed by atoms with Gasteiger partial charge < -0.3 is 10.2 Å². The van der Waals surface area contributed by atoms with E-state index in [0.29, 0.717) is 10.6 Å². The fourth-order valence-electron chi connectivity index (χ4n) is 3.94. The first-order valence-electron chi connectivity index (χ1n) is 9.83. The summed E-state index contributed by atoms with van der Waals surface area (Å²) in [5.74, 6) is -0.358. The summed E-state index contributed by atoms with van der Waals surface area (Å²) in [5.41, 5.74) is 4.95. The normalized spacial score (nSPS) is 19.1. The van der Waals surface area contributed by atoms with Crippen molar-refractivity contribution in [2.45, 2.75) is 32.9 Å². The SMILES string of the molecule is CC1=CC(C)(C)N(C)c2cc(Cl)c(/C=C3\NC(=O)N(Cc4ccccc4)C3=O)cc21. The molecule has 2 heterocycles. The van der Waals surface area contributed by atoms with E-state index in [4.69, 9.17) is 11.6 Å². The van der Waals surface area contributed by atoms with Gasteiger partial charge in [-0.25, -0.2) is 4.79 Å². The lowest BCUT2D eigenvalue weighted by Gasteiger charge is -2.40. The Hall–Kier alpha value is -3.05. The molecule has 154 valence electrons. The van der Waals surface area contributed by atoms with Gasteiger partial charge in [0.1, 0.15) is 5.70 Å². The molecule has 30 heavy (non-hydrogen) atoms. The quantitative estimate of drug-likeness (QED) is 0.556. The maximum absolute atomic E-state index is 12.8. The second kappa shape index (κ2) is 7.33. The molecule has 0 saturated carbocycles. The largest absolute Gasteiger partial charge is 0.365 e. The van der Waals surface area contributed by atoms with E-state index in [1.54, 1.807) is 6.08 Å². The molecule has 0 aromatic heterocycles.